The Morgan fingerprint density at radius 2 is 2.04 bits per heavy atom. The summed E-state index contributed by atoms with van der Waals surface area (Å²) in [4.78, 5) is 24.6. The Hall–Kier alpha value is -2.24. The first kappa shape index (κ1) is 20.5. The predicted octanol–water partition coefficient (Wildman–Crippen LogP) is 3.85. The molecule has 2 aromatic rings. The van der Waals surface area contributed by atoms with Crippen molar-refractivity contribution in [3.8, 4) is 5.75 Å². The lowest BCUT2D eigenvalue weighted by atomic mass is 10.0. The van der Waals surface area contributed by atoms with Gasteiger partial charge in [0.1, 0.15) is 11.8 Å². The summed E-state index contributed by atoms with van der Waals surface area (Å²) in [5.41, 5.74) is 2.85. The van der Waals surface area contributed by atoms with E-state index in [1.165, 1.54) is 6.92 Å². The van der Waals surface area contributed by atoms with E-state index < -0.39 is 6.04 Å². The number of methoxy groups -OCH3 is 1. The van der Waals surface area contributed by atoms with Gasteiger partial charge in [0.05, 0.1) is 23.2 Å². The van der Waals surface area contributed by atoms with E-state index >= 15 is 0 Å². The van der Waals surface area contributed by atoms with Gasteiger partial charge in [0.15, 0.2) is 0 Å². The van der Waals surface area contributed by atoms with Crippen LogP contribution in [-0.4, -0.2) is 25.0 Å². The van der Waals surface area contributed by atoms with E-state index in [1.54, 1.807) is 13.2 Å². The molecule has 148 valence electrons. The van der Waals surface area contributed by atoms with Crippen LogP contribution >= 0.6 is 23.2 Å². The van der Waals surface area contributed by atoms with Gasteiger partial charge >= 0.3 is 0 Å². The lowest BCUT2D eigenvalue weighted by Gasteiger charge is -2.21. The number of amides is 2. The average Bonchev–Trinajstić information content (AvgIpc) is 3.07. The summed E-state index contributed by atoms with van der Waals surface area (Å²) in [6.07, 6.45) is 1.86. The van der Waals surface area contributed by atoms with Gasteiger partial charge in [-0.25, -0.2) is 0 Å². The Labute approximate surface area is 174 Å². The van der Waals surface area contributed by atoms with Gasteiger partial charge in [-0.15, -0.1) is 0 Å². The SMILES string of the molecule is COc1cccc(CC(NC(C)=O)C(=O)NC2CCc3c2ccc(Cl)c3Cl)c1. The molecule has 5 nitrogen and oxygen atoms in total. The van der Waals surface area contributed by atoms with Gasteiger partial charge in [-0.2, -0.15) is 0 Å². The Bertz CT molecular complexity index is 901. The summed E-state index contributed by atoms with van der Waals surface area (Å²) in [6, 6.07) is 10.3. The minimum Gasteiger partial charge on any atom is -0.497 e. The van der Waals surface area contributed by atoms with Crippen molar-refractivity contribution in [2.75, 3.05) is 7.11 Å². The second-order valence-corrected chi connectivity index (χ2v) is 7.62. The van der Waals surface area contributed by atoms with Gasteiger partial charge in [-0.3, -0.25) is 9.59 Å². The summed E-state index contributed by atoms with van der Waals surface area (Å²) in [6.45, 7) is 1.40. The molecule has 0 fully saturated rings. The van der Waals surface area contributed by atoms with Crippen molar-refractivity contribution in [2.45, 2.75) is 38.3 Å². The fraction of sp³-hybridized carbons (Fsp3) is 0.333. The van der Waals surface area contributed by atoms with E-state index in [2.05, 4.69) is 10.6 Å². The van der Waals surface area contributed by atoms with Gasteiger partial charge in [0.2, 0.25) is 11.8 Å². The fourth-order valence-electron chi connectivity index (χ4n) is 3.54. The van der Waals surface area contributed by atoms with Crippen LogP contribution in [0.2, 0.25) is 10.0 Å². The van der Waals surface area contributed by atoms with Crippen molar-refractivity contribution in [3.63, 3.8) is 0 Å². The largest absolute Gasteiger partial charge is 0.497 e. The standard InChI is InChI=1S/C21H22Cl2N2O3/c1-12(26)24-19(11-13-4-3-5-14(10-13)28-2)21(27)25-18-9-7-16-15(18)6-8-17(22)20(16)23/h3-6,8,10,18-19H,7,9,11H2,1-2H3,(H,24,26)(H,25,27). The molecule has 0 saturated heterocycles. The molecule has 2 aromatic carbocycles. The molecule has 0 aromatic heterocycles. The number of carbonyl (C=O) groups is 2. The van der Waals surface area contributed by atoms with Crippen molar-refractivity contribution < 1.29 is 14.3 Å². The van der Waals surface area contributed by atoms with Crippen LogP contribution in [0.3, 0.4) is 0 Å². The van der Waals surface area contributed by atoms with Gasteiger partial charge in [0, 0.05) is 13.3 Å². The molecule has 1 aliphatic rings. The molecule has 0 aliphatic heterocycles. The first-order valence-corrected chi connectivity index (χ1v) is 9.81. The summed E-state index contributed by atoms with van der Waals surface area (Å²) in [5, 5.41) is 6.86. The smallest absolute Gasteiger partial charge is 0.243 e. The summed E-state index contributed by atoms with van der Waals surface area (Å²) >= 11 is 12.4. The lowest BCUT2D eigenvalue weighted by Crippen LogP contribution is -2.48. The predicted molar refractivity (Wildman–Crippen MR) is 110 cm³/mol. The van der Waals surface area contributed by atoms with Crippen LogP contribution in [-0.2, 0) is 22.4 Å². The zero-order valence-electron chi connectivity index (χ0n) is 15.7. The van der Waals surface area contributed by atoms with E-state index in [0.29, 0.717) is 22.2 Å². The average molecular weight is 421 g/mol. The van der Waals surface area contributed by atoms with Crippen LogP contribution in [0.5, 0.6) is 5.75 Å². The lowest BCUT2D eigenvalue weighted by molar-refractivity contribution is -0.128. The normalized spacial score (nSPS) is 16.2. The molecule has 2 N–H and O–H groups in total. The molecule has 1 aliphatic carbocycles. The second kappa shape index (κ2) is 8.84. The zero-order chi connectivity index (χ0) is 20.3. The number of ether oxygens (including phenoxy) is 1. The Morgan fingerprint density at radius 1 is 1.25 bits per heavy atom. The number of hydrogen-bond donors (Lipinski definition) is 2. The van der Waals surface area contributed by atoms with Gasteiger partial charge < -0.3 is 15.4 Å². The van der Waals surface area contributed by atoms with Gasteiger partial charge in [-0.05, 0) is 47.7 Å². The molecule has 0 heterocycles. The van der Waals surface area contributed by atoms with Crippen LogP contribution in [0.25, 0.3) is 0 Å². The molecule has 0 radical (unpaired) electrons. The maximum absolute atomic E-state index is 12.9. The highest BCUT2D eigenvalue weighted by atomic mass is 35.5. The molecule has 0 bridgehead atoms. The van der Waals surface area contributed by atoms with Crippen molar-refractivity contribution in [3.05, 3.63) is 63.1 Å². The Kier molecular flexibility index (Phi) is 6.47. The van der Waals surface area contributed by atoms with Crippen LogP contribution < -0.4 is 15.4 Å². The molecular weight excluding hydrogens is 399 g/mol. The number of nitrogens with one attached hydrogen (secondary N) is 2. The van der Waals surface area contributed by atoms with E-state index in [0.717, 1.165) is 29.5 Å². The van der Waals surface area contributed by atoms with Crippen molar-refractivity contribution >= 4 is 35.0 Å². The zero-order valence-corrected chi connectivity index (χ0v) is 17.2. The molecule has 3 rings (SSSR count). The maximum Gasteiger partial charge on any atom is 0.243 e. The highest BCUT2D eigenvalue weighted by Crippen LogP contribution is 2.39. The van der Waals surface area contributed by atoms with Crippen LogP contribution in [0, 0.1) is 0 Å². The highest BCUT2D eigenvalue weighted by molar-refractivity contribution is 6.42. The number of halogens is 2. The molecule has 2 amide bonds. The summed E-state index contributed by atoms with van der Waals surface area (Å²) in [5.74, 6) is 0.211. The second-order valence-electron chi connectivity index (χ2n) is 6.84. The molecule has 0 saturated carbocycles. The number of carbonyl (C=O) groups excluding carboxylic acids is 2. The third-order valence-electron chi connectivity index (χ3n) is 4.88. The number of rotatable bonds is 6. The highest BCUT2D eigenvalue weighted by Gasteiger charge is 2.29. The third kappa shape index (κ3) is 4.59. The van der Waals surface area contributed by atoms with Crippen molar-refractivity contribution in [1.82, 2.24) is 10.6 Å². The van der Waals surface area contributed by atoms with E-state index in [9.17, 15) is 9.59 Å². The minimum absolute atomic E-state index is 0.154. The van der Waals surface area contributed by atoms with E-state index in [1.807, 2.05) is 30.3 Å². The molecule has 2 unspecified atom stereocenters. The minimum atomic E-state index is -0.684. The van der Waals surface area contributed by atoms with Crippen LogP contribution in [0.15, 0.2) is 36.4 Å². The molecule has 2 atom stereocenters. The monoisotopic (exact) mass is 420 g/mol. The van der Waals surface area contributed by atoms with Crippen molar-refractivity contribution in [1.29, 1.82) is 0 Å². The van der Waals surface area contributed by atoms with Crippen LogP contribution in [0.4, 0.5) is 0 Å². The number of hydrogen-bond acceptors (Lipinski definition) is 3. The number of fused-ring (bicyclic) bond motifs is 1. The summed E-state index contributed by atoms with van der Waals surface area (Å²) < 4.78 is 5.23. The third-order valence-corrected chi connectivity index (χ3v) is 5.72. The number of benzene rings is 2. The van der Waals surface area contributed by atoms with E-state index in [-0.39, 0.29) is 17.9 Å². The molecule has 0 spiro atoms. The Balaban J connectivity index is 1.76. The maximum atomic E-state index is 12.9. The molecule has 7 heteroatoms. The Morgan fingerprint density at radius 3 is 2.75 bits per heavy atom. The van der Waals surface area contributed by atoms with Crippen molar-refractivity contribution in [2.24, 2.45) is 0 Å². The molecule has 28 heavy (non-hydrogen) atoms. The van der Waals surface area contributed by atoms with Crippen LogP contribution in [0.1, 0.15) is 36.1 Å². The fourth-order valence-corrected chi connectivity index (χ4v) is 3.99. The summed E-state index contributed by atoms with van der Waals surface area (Å²) in [7, 11) is 1.59. The van der Waals surface area contributed by atoms with E-state index in [4.69, 9.17) is 27.9 Å². The topological polar surface area (TPSA) is 67.4 Å². The molecular formula is C21H22Cl2N2O3. The van der Waals surface area contributed by atoms with Gasteiger partial charge in [-0.1, -0.05) is 41.4 Å². The first-order valence-electron chi connectivity index (χ1n) is 9.06. The first-order chi connectivity index (χ1) is 13.4. The quantitative estimate of drug-likeness (QED) is 0.745. The van der Waals surface area contributed by atoms with Gasteiger partial charge in [0.25, 0.3) is 0 Å².